The Morgan fingerprint density at radius 2 is 1.75 bits per heavy atom. The molecule has 0 bridgehead atoms. The summed E-state index contributed by atoms with van der Waals surface area (Å²) in [5, 5.41) is 1.46. The molecule has 1 unspecified atom stereocenters. The summed E-state index contributed by atoms with van der Waals surface area (Å²) in [6.07, 6.45) is 1.28. The average molecular weight is 361 g/mol. The van der Waals surface area contributed by atoms with Crippen molar-refractivity contribution in [3.63, 3.8) is 0 Å². The average Bonchev–Trinajstić information content (AvgIpc) is 2.50. The minimum Gasteiger partial charge on any atom is -0.466 e. The molecule has 1 aromatic carbocycles. The molecule has 132 valence electrons. The number of hydrogen-bond donors (Lipinski definition) is 0. The Kier molecular flexibility index (Phi) is 7.98. The van der Waals surface area contributed by atoms with Crippen molar-refractivity contribution >= 4 is 27.3 Å². The molecule has 0 radical (unpaired) electrons. The second-order valence-electron chi connectivity index (χ2n) is 8.01. The van der Waals surface area contributed by atoms with Gasteiger partial charge in [-0.1, -0.05) is 68.3 Å². The molecule has 0 N–H and O–H groups in total. The number of hydrogen-bond acceptors (Lipinski definition) is 2. The molecule has 2 nitrogen and oxygen atoms in total. The minimum absolute atomic E-state index is 0.100. The summed E-state index contributed by atoms with van der Waals surface area (Å²) < 4.78 is 5.09. The van der Waals surface area contributed by atoms with Crippen LogP contribution in [0.3, 0.4) is 0 Å². The van der Waals surface area contributed by atoms with Gasteiger partial charge in [0.2, 0.25) is 0 Å². The van der Waals surface area contributed by atoms with Crippen LogP contribution in [-0.4, -0.2) is 28.7 Å². The van der Waals surface area contributed by atoms with Crippen molar-refractivity contribution in [1.29, 1.82) is 0 Å². The normalized spacial score (nSPS) is 12.9. The second-order valence-corrected chi connectivity index (χ2v) is 17.5. The van der Waals surface area contributed by atoms with E-state index >= 15 is 0 Å². The lowest BCUT2D eigenvalue weighted by Crippen LogP contribution is -2.42. The largest absolute Gasteiger partial charge is 0.466 e. The van der Waals surface area contributed by atoms with E-state index in [0.29, 0.717) is 13.0 Å². The van der Waals surface area contributed by atoms with Gasteiger partial charge in [0.25, 0.3) is 0 Å². The molecule has 1 atom stereocenters. The van der Waals surface area contributed by atoms with Crippen molar-refractivity contribution in [3.8, 4) is 11.5 Å². The Morgan fingerprint density at radius 1 is 1.12 bits per heavy atom. The highest BCUT2D eigenvalue weighted by molar-refractivity contribution is 6.89. The van der Waals surface area contributed by atoms with Crippen LogP contribution >= 0.6 is 0 Å². The van der Waals surface area contributed by atoms with E-state index in [1.54, 1.807) is 0 Å². The molecular weight excluding hydrogens is 328 g/mol. The topological polar surface area (TPSA) is 26.3 Å². The van der Waals surface area contributed by atoms with Crippen LogP contribution in [-0.2, 0) is 9.53 Å². The first kappa shape index (κ1) is 20.7. The zero-order valence-corrected chi connectivity index (χ0v) is 18.1. The highest BCUT2D eigenvalue weighted by Crippen LogP contribution is 2.21. The van der Waals surface area contributed by atoms with Gasteiger partial charge in [-0.15, -0.1) is 11.5 Å². The lowest BCUT2D eigenvalue weighted by molar-refractivity contribution is -0.143. The zero-order chi connectivity index (χ0) is 18.2. The Balaban J connectivity index is 2.87. The molecule has 0 saturated carbocycles. The predicted molar refractivity (Wildman–Crippen MR) is 109 cm³/mol. The van der Waals surface area contributed by atoms with E-state index < -0.39 is 16.1 Å². The zero-order valence-electron chi connectivity index (χ0n) is 16.1. The highest BCUT2D eigenvalue weighted by Gasteiger charge is 2.27. The third-order valence-corrected chi connectivity index (χ3v) is 8.27. The first-order chi connectivity index (χ1) is 11.1. The minimum atomic E-state index is -1.57. The van der Waals surface area contributed by atoms with Gasteiger partial charge in [-0.25, -0.2) is 0 Å². The van der Waals surface area contributed by atoms with Gasteiger partial charge < -0.3 is 4.74 Å². The number of rotatable bonds is 7. The van der Waals surface area contributed by atoms with Crippen molar-refractivity contribution in [3.05, 3.63) is 30.3 Å². The fourth-order valence-corrected chi connectivity index (χ4v) is 6.20. The lowest BCUT2D eigenvalue weighted by Gasteiger charge is -2.26. The molecule has 24 heavy (non-hydrogen) atoms. The maximum atomic E-state index is 11.7. The van der Waals surface area contributed by atoms with E-state index in [1.807, 2.05) is 6.92 Å². The van der Waals surface area contributed by atoms with E-state index in [9.17, 15) is 4.79 Å². The summed E-state index contributed by atoms with van der Waals surface area (Å²) in [6, 6.07) is 11.9. The summed E-state index contributed by atoms with van der Waals surface area (Å²) in [5.41, 5.74) is 3.51. The van der Waals surface area contributed by atoms with Crippen molar-refractivity contribution < 1.29 is 9.53 Å². The van der Waals surface area contributed by atoms with Crippen LogP contribution in [0, 0.1) is 17.4 Å². The van der Waals surface area contributed by atoms with Crippen LogP contribution < -0.4 is 5.19 Å². The molecule has 0 aliphatic rings. The Labute approximate surface area is 150 Å². The predicted octanol–water partition coefficient (Wildman–Crippen LogP) is 4.44. The van der Waals surface area contributed by atoms with Crippen LogP contribution in [0.25, 0.3) is 0 Å². The molecule has 0 amide bonds. The standard InChI is InChI=1S/C20H32O2Si2/c1-7-22-20(21)14-13-18(15-16-23(2,3)4)17-24(5,6)19-11-9-8-10-12-19/h8-12,18H,7,13-14,17H2,1-6H3. The molecule has 1 rings (SSSR count). The quantitative estimate of drug-likeness (QED) is 0.408. The molecule has 0 aliphatic carbocycles. The number of carbonyl (C=O) groups excluding carboxylic acids is 1. The first-order valence-corrected chi connectivity index (χ1v) is 15.6. The lowest BCUT2D eigenvalue weighted by atomic mass is 10.1. The molecule has 1 aromatic rings. The van der Waals surface area contributed by atoms with E-state index in [4.69, 9.17) is 4.74 Å². The number of ether oxygens (including phenoxy) is 1. The van der Waals surface area contributed by atoms with Crippen molar-refractivity contribution in [2.24, 2.45) is 5.92 Å². The van der Waals surface area contributed by atoms with Gasteiger partial charge in [-0.05, 0) is 19.4 Å². The van der Waals surface area contributed by atoms with Gasteiger partial charge in [0.1, 0.15) is 8.07 Å². The maximum absolute atomic E-state index is 11.7. The Hall–Kier alpha value is -1.32. The fraction of sp³-hybridized carbons (Fsp3) is 0.550. The molecule has 0 spiro atoms. The number of esters is 1. The first-order valence-electron chi connectivity index (χ1n) is 8.88. The highest BCUT2D eigenvalue weighted by atomic mass is 28.3. The van der Waals surface area contributed by atoms with E-state index in [0.717, 1.165) is 12.5 Å². The van der Waals surface area contributed by atoms with Gasteiger partial charge in [-0.2, -0.15) is 0 Å². The van der Waals surface area contributed by atoms with E-state index in [1.165, 1.54) is 5.19 Å². The summed E-state index contributed by atoms with van der Waals surface area (Å²) in [4.78, 5) is 11.7. The molecule has 0 heterocycles. The van der Waals surface area contributed by atoms with Gasteiger partial charge in [-0.3, -0.25) is 4.79 Å². The summed E-state index contributed by atoms with van der Waals surface area (Å²) in [6.45, 7) is 13.9. The van der Waals surface area contributed by atoms with Crippen LogP contribution in [0.4, 0.5) is 0 Å². The molecule has 0 saturated heterocycles. The third kappa shape index (κ3) is 7.98. The second kappa shape index (κ2) is 9.24. The number of carbonyl (C=O) groups is 1. The Morgan fingerprint density at radius 3 is 2.29 bits per heavy atom. The monoisotopic (exact) mass is 360 g/mol. The van der Waals surface area contributed by atoms with Crippen molar-refractivity contribution in [1.82, 2.24) is 0 Å². The van der Waals surface area contributed by atoms with Crippen LogP contribution in [0.5, 0.6) is 0 Å². The summed E-state index contributed by atoms with van der Waals surface area (Å²) >= 11 is 0. The molecule has 4 heteroatoms. The fourth-order valence-electron chi connectivity index (χ4n) is 2.69. The van der Waals surface area contributed by atoms with Gasteiger partial charge >= 0.3 is 5.97 Å². The summed E-state index contributed by atoms with van der Waals surface area (Å²) in [7, 11) is -2.98. The van der Waals surface area contributed by atoms with Crippen LogP contribution in [0.15, 0.2) is 30.3 Å². The Bertz CT molecular complexity index is 577. The molecule has 0 aromatic heterocycles. The smallest absolute Gasteiger partial charge is 0.305 e. The molecule has 0 fully saturated rings. The third-order valence-electron chi connectivity index (χ3n) is 3.97. The van der Waals surface area contributed by atoms with Gasteiger partial charge in [0, 0.05) is 12.3 Å². The maximum Gasteiger partial charge on any atom is 0.305 e. The molecule has 0 aliphatic heterocycles. The van der Waals surface area contributed by atoms with Gasteiger partial charge in [0.15, 0.2) is 0 Å². The SMILES string of the molecule is CCOC(=O)CCC(C#C[Si](C)(C)C)C[Si](C)(C)c1ccccc1. The van der Waals surface area contributed by atoms with Crippen molar-refractivity contribution in [2.75, 3.05) is 6.61 Å². The number of benzene rings is 1. The van der Waals surface area contributed by atoms with Crippen LogP contribution in [0.2, 0.25) is 38.8 Å². The summed E-state index contributed by atoms with van der Waals surface area (Å²) in [5.74, 6) is 3.70. The van der Waals surface area contributed by atoms with E-state index in [2.05, 4.69) is 74.5 Å². The molecular formula is C20H32O2Si2. The van der Waals surface area contributed by atoms with Crippen molar-refractivity contribution in [2.45, 2.75) is 58.5 Å². The van der Waals surface area contributed by atoms with E-state index in [-0.39, 0.29) is 11.9 Å². The van der Waals surface area contributed by atoms with Crippen LogP contribution in [0.1, 0.15) is 19.8 Å². The van der Waals surface area contributed by atoms with Gasteiger partial charge in [0.05, 0.1) is 14.7 Å².